The Morgan fingerprint density at radius 2 is 0.500 bits per heavy atom. The van der Waals surface area contributed by atoms with Gasteiger partial charge < -0.3 is 29.4 Å². The average molecular weight is 1020 g/mol. The molecule has 0 aromatic heterocycles. The van der Waals surface area contributed by atoms with Gasteiger partial charge in [0.25, 0.3) is 0 Å². The number of allylic oxidation sites excluding steroid dienone is 7. The number of hydrogen-bond acceptors (Lipinski definition) is 12. The molecule has 10 heterocycles. The first-order valence-corrected chi connectivity index (χ1v) is 23.0. The molecule has 0 aromatic rings. The predicted molar refractivity (Wildman–Crippen MR) is 226 cm³/mol. The van der Waals surface area contributed by atoms with Crippen molar-refractivity contribution >= 4 is 28.9 Å². The maximum atomic E-state index is 3.49. The van der Waals surface area contributed by atoms with Gasteiger partial charge in [-0.2, -0.15) is 0 Å². The van der Waals surface area contributed by atoms with E-state index in [9.17, 15) is 0 Å². The van der Waals surface area contributed by atoms with Crippen LogP contribution in [0.1, 0.15) is 76.2 Å². The number of rotatable bonds is 6. The molecular weight excluding hydrogens is 954 g/mol. The molecule has 7 atom stereocenters. The second-order valence-electron chi connectivity index (χ2n) is 12.3. The minimum atomic E-state index is 0. The van der Waals surface area contributed by atoms with Crippen LogP contribution in [0.3, 0.4) is 0 Å². The third-order valence-corrected chi connectivity index (χ3v) is 9.55. The molecule has 52 heavy (non-hydrogen) atoms. The van der Waals surface area contributed by atoms with E-state index in [1.807, 2.05) is 34.6 Å². The average Bonchev–Trinajstić information content (AvgIpc) is 3.83. The Morgan fingerprint density at radius 3 is 0.596 bits per heavy atom. The van der Waals surface area contributed by atoms with E-state index in [0.717, 1.165) is 0 Å². The first-order valence-electron chi connectivity index (χ1n) is 18.8. The summed E-state index contributed by atoms with van der Waals surface area (Å²) >= 11 is 2.07. The van der Waals surface area contributed by atoms with Gasteiger partial charge >= 0.3 is 0 Å². The van der Waals surface area contributed by atoms with Crippen LogP contribution in [-0.2, 0) is 21.1 Å². The standard InChI is InChI=1S/C24H36N6.C6H12N6.C3H6.2C2H6.H2IP.W/c1-7-13-25-19-20-26(14-8-2)23(25)24-27(15-9-3)21(29(19)17-11-5)22(28(24)16-10-4)30(20)18-12-6;7-1-2-8-5(7)6-9-3(11-1)4(10-6)12-2;1-3-2;3*1-2;/h7-24H,1-6H3;1-12H;3H,1H2,2H3;2*1-2H3;2H2;/b13-7?,14-8?,15-9?,16-10?,17-11-,18-12+;;;;;;. The van der Waals surface area contributed by atoms with E-state index in [1.165, 1.54) is 0 Å². The van der Waals surface area contributed by atoms with Crippen molar-refractivity contribution in [1.29, 1.82) is 0 Å². The molecule has 0 saturated carbocycles. The zero-order chi connectivity index (χ0) is 37.8. The largest absolute Gasteiger partial charge is 0.330 e. The summed E-state index contributed by atoms with van der Waals surface area (Å²) in [5.41, 5.74) is 0. The Balaban J connectivity index is 0.000000349. The van der Waals surface area contributed by atoms with Crippen LogP contribution in [0.25, 0.3) is 0 Å². The zero-order valence-electron chi connectivity index (χ0n) is 33.2. The van der Waals surface area contributed by atoms with Crippen molar-refractivity contribution in [2.45, 2.75) is 150 Å². The first-order chi connectivity index (χ1) is 25.0. The van der Waals surface area contributed by atoms with Crippen LogP contribution in [0.2, 0.25) is 0 Å². The monoisotopic (exact) mass is 1020 g/mol. The second-order valence-corrected chi connectivity index (χ2v) is 12.3. The fraction of sp³-hybridized carbons (Fsp3) is 0.622. The van der Waals surface area contributed by atoms with Crippen LogP contribution in [0.4, 0.5) is 0 Å². The van der Waals surface area contributed by atoms with Crippen molar-refractivity contribution in [3.8, 4) is 0 Å². The van der Waals surface area contributed by atoms with Crippen LogP contribution in [0.5, 0.6) is 0 Å². The third kappa shape index (κ3) is 8.68. The van der Waals surface area contributed by atoms with E-state index in [-0.39, 0.29) is 58.1 Å². The fourth-order valence-electron chi connectivity index (χ4n) is 8.41. The van der Waals surface area contributed by atoms with Crippen LogP contribution >= 0.6 is 28.9 Å². The van der Waals surface area contributed by atoms with Crippen molar-refractivity contribution in [2.24, 2.45) is 0 Å². The summed E-state index contributed by atoms with van der Waals surface area (Å²) in [5.74, 6) is 0. The fourth-order valence-corrected chi connectivity index (χ4v) is 8.41. The molecule has 0 aliphatic carbocycles. The van der Waals surface area contributed by atoms with Gasteiger partial charge in [-0.3, -0.25) is 31.9 Å². The minimum absolute atomic E-state index is 0. The third-order valence-electron chi connectivity index (χ3n) is 9.55. The maximum Gasteiger partial charge on any atom is 0.144 e. The van der Waals surface area contributed by atoms with Gasteiger partial charge in [-0.05, 0) is 85.7 Å². The van der Waals surface area contributed by atoms with Gasteiger partial charge in [-0.1, -0.05) is 99.2 Å². The van der Waals surface area contributed by atoms with Crippen molar-refractivity contribution < 1.29 is 21.1 Å². The van der Waals surface area contributed by atoms with Gasteiger partial charge in [0.2, 0.25) is 0 Å². The van der Waals surface area contributed by atoms with E-state index in [0.29, 0.717) is 37.0 Å². The van der Waals surface area contributed by atoms with E-state index in [4.69, 9.17) is 0 Å². The molecule has 10 rings (SSSR count). The van der Waals surface area contributed by atoms with Crippen molar-refractivity contribution in [3.63, 3.8) is 0 Å². The smallest absolute Gasteiger partial charge is 0.144 e. The van der Waals surface area contributed by atoms with Crippen molar-refractivity contribution in [2.75, 3.05) is 0 Å². The molecule has 0 aromatic carbocycles. The SMILES string of the molecule is C=CC.CC.CC.CC=CN1C2C3N(C=CC)C4C(N3C=CC)N(/C=C/C)C(C1N4/C=C\C)N2C=CC.N1C2NC3NC4NC3NC2NC14.PI.[W]. The summed E-state index contributed by atoms with van der Waals surface area (Å²) in [7, 11) is 0. The molecular formula is C37H68IN12PW. The van der Waals surface area contributed by atoms with Gasteiger partial charge in [0, 0.05) is 21.1 Å². The summed E-state index contributed by atoms with van der Waals surface area (Å²) in [6.07, 6.45) is 31.9. The van der Waals surface area contributed by atoms with E-state index >= 15 is 0 Å². The number of nitrogens with one attached hydrogen (secondary N) is 6. The molecule has 7 unspecified atom stereocenters. The number of piperazine rings is 2. The Labute approximate surface area is 345 Å². The first kappa shape index (κ1) is 46.7. The maximum absolute atomic E-state index is 3.49. The van der Waals surface area contributed by atoms with Crippen LogP contribution < -0.4 is 31.9 Å². The zero-order valence-corrected chi connectivity index (χ0v) is 39.4. The molecule has 0 amide bonds. The quantitative estimate of drug-likeness (QED) is 0.123. The van der Waals surface area contributed by atoms with Crippen molar-refractivity contribution in [3.05, 3.63) is 86.3 Å². The van der Waals surface area contributed by atoms with Gasteiger partial charge in [-0.25, -0.2) is 0 Å². The number of nitrogens with zero attached hydrogens (tertiary/aromatic N) is 6. The van der Waals surface area contributed by atoms with Gasteiger partial charge in [0.1, 0.15) is 37.0 Å². The topological polar surface area (TPSA) is 91.6 Å². The molecule has 12 bridgehead atoms. The number of hydrogen-bond donors (Lipinski definition) is 6. The summed E-state index contributed by atoms with van der Waals surface area (Å²) in [5, 5.41) is 20.8. The number of halogens is 1. The van der Waals surface area contributed by atoms with Crippen LogP contribution in [0.15, 0.2) is 86.3 Å². The predicted octanol–water partition coefficient (Wildman–Crippen LogP) is 5.00. The summed E-state index contributed by atoms with van der Waals surface area (Å²) in [6.45, 7) is 28.3. The summed E-state index contributed by atoms with van der Waals surface area (Å²) in [6, 6.07) is 0. The van der Waals surface area contributed by atoms with Gasteiger partial charge in [0.15, 0.2) is 0 Å². The molecule has 294 valence electrons. The van der Waals surface area contributed by atoms with E-state index < -0.39 is 0 Å². The van der Waals surface area contributed by atoms with E-state index in [1.54, 1.807) is 6.08 Å². The normalized spacial score (nSPS) is 36.5. The Hall–Kier alpha value is -1.41. The van der Waals surface area contributed by atoms with Crippen molar-refractivity contribution in [1.82, 2.24) is 61.3 Å². The second kappa shape index (κ2) is 22.8. The Morgan fingerprint density at radius 1 is 0.385 bits per heavy atom. The molecule has 0 radical (unpaired) electrons. The molecule has 6 N–H and O–H groups in total. The Bertz CT molecular complexity index is 1090. The van der Waals surface area contributed by atoms with Gasteiger partial charge in [0.05, 0.1) is 37.0 Å². The molecule has 0 spiro atoms. The minimum Gasteiger partial charge on any atom is -0.330 e. The molecule has 10 aliphatic rings. The molecule has 10 fully saturated rings. The molecule has 10 saturated heterocycles. The van der Waals surface area contributed by atoms with E-state index in [2.05, 4.69) is 212 Å². The summed E-state index contributed by atoms with van der Waals surface area (Å²) in [4.78, 5) is 15.3. The van der Waals surface area contributed by atoms with Gasteiger partial charge in [-0.15, -0.1) is 6.58 Å². The molecule has 15 heteroatoms. The Kier molecular flexibility index (Phi) is 20.5. The van der Waals surface area contributed by atoms with Crippen LogP contribution in [-0.4, -0.2) is 103 Å². The molecule has 12 nitrogen and oxygen atoms in total. The summed E-state index contributed by atoms with van der Waals surface area (Å²) < 4.78 is 0. The van der Waals surface area contributed by atoms with Crippen LogP contribution in [0, 0.1) is 0 Å². The molecule has 10 aliphatic heterocycles.